The van der Waals surface area contributed by atoms with Crippen LogP contribution in [-0.4, -0.2) is 42.1 Å². The fraction of sp³-hybridized carbons (Fsp3) is 0.364. The molecule has 39 heavy (non-hydrogen) atoms. The molecule has 0 aromatic heterocycles. The maximum Gasteiger partial charge on any atom is 0.187 e. The summed E-state index contributed by atoms with van der Waals surface area (Å²) in [4.78, 5) is 13.3. The lowest BCUT2D eigenvalue weighted by Gasteiger charge is -2.44. The van der Waals surface area contributed by atoms with Gasteiger partial charge < -0.3 is 23.7 Å². The van der Waals surface area contributed by atoms with Crippen LogP contribution in [0.5, 0.6) is 0 Å². The van der Waals surface area contributed by atoms with Gasteiger partial charge in [-0.15, -0.1) is 0 Å². The van der Waals surface area contributed by atoms with E-state index < -0.39 is 23.6 Å². The summed E-state index contributed by atoms with van der Waals surface area (Å²) in [5.74, 6) is -0.838. The highest BCUT2D eigenvalue weighted by molar-refractivity contribution is 5.95. The number of hydrogen-bond donors (Lipinski definition) is 0. The second-order valence-electron chi connectivity index (χ2n) is 10.6. The van der Waals surface area contributed by atoms with E-state index in [9.17, 15) is 4.79 Å². The van der Waals surface area contributed by atoms with E-state index in [1.54, 1.807) is 6.08 Å². The summed E-state index contributed by atoms with van der Waals surface area (Å²) in [6, 6.07) is 29.7. The molecule has 3 aromatic rings. The van der Waals surface area contributed by atoms with Crippen molar-refractivity contribution in [1.29, 1.82) is 0 Å². The molecule has 6 nitrogen and oxygen atoms in total. The fourth-order valence-electron chi connectivity index (χ4n) is 5.12. The van der Waals surface area contributed by atoms with Crippen LogP contribution in [0, 0.1) is 0 Å². The quantitative estimate of drug-likeness (QED) is 0.314. The average molecular weight is 529 g/mol. The van der Waals surface area contributed by atoms with Gasteiger partial charge in [0.2, 0.25) is 0 Å². The smallest absolute Gasteiger partial charge is 0.187 e. The van der Waals surface area contributed by atoms with Crippen LogP contribution >= 0.6 is 0 Å². The van der Waals surface area contributed by atoms with Crippen LogP contribution < -0.4 is 0 Å². The van der Waals surface area contributed by atoms with Gasteiger partial charge in [0.15, 0.2) is 11.6 Å². The SMILES string of the molecule is CC1(C)OC[C@H](C[C@@]2(OCc3ccccc3)C=CC(=O)[C@@H](OCc3ccccc3)[C@@H]2OCc2ccccc2)O1. The lowest BCUT2D eigenvalue weighted by Crippen LogP contribution is -2.58. The molecular weight excluding hydrogens is 492 g/mol. The molecule has 6 heteroatoms. The Labute approximate surface area is 230 Å². The van der Waals surface area contributed by atoms with Crippen LogP contribution in [0.1, 0.15) is 37.0 Å². The maximum atomic E-state index is 13.3. The molecule has 3 aromatic carbocycles. The molecule has 1 heterocycles. The largest absolute Gasteiger partial charge is 0.367 e. The van der Waals surface area contributed by atoms with Crippen molar-refractivity contribution in [3.63, 3.8) is 0 Å². The number of ketones is 1. The minimum Gasteiger partial charge on any atom is -0.367 e. The predicted octanol–water partition coefficient (Wildman–Crippen LogP) is 5.79. The van der Waals surface area contributed by atoms with Gasteiger partial charge in [0, 0.05) is 6.42 Å². The van der Waals surface area contributed by atoms with Crippen LogP contribution in [0.25, 0.3) is 0 Å². The standard InChI is InChI=1S/C33H36O6/c1-32(2)37-24-28(39-32)20-33(38-23-27-16-10-5-11-17-27)19-18-29(34)30(35-21-25-12-6-3-7-13-25)31(33)36-22-26-14-8-4-9-15-26/h3-19,28,30-31H,20-24H2,1-2H3/t28-,30+,31-,33-/m0/s1. The van der Waals surface area contributed by atoms with Crippen molar-refractivity contribution in [3.8, 4) is 0 Å². The first-order chi connectivity index (χ1) is 18.9. The number of carbonyl (C=O) groups is 1. The monoisotopic (exact) mass is 528 g/mol. The molecule has 0 bridgehead atoms. The minimum absolute atomic E-state index is 0.146. The van der Waals surface area contributed by atoms with E-state index >= 15 is 0 Å². The fourth-order valence-corrected chi connectivity index (χ4v) is 5.12. The second-order valence-corrected chi connectivity index (χ2v) is 10.6. The number of benzene rings is 3. The van der Waals surface area contributed by atoms with Crippen molar-refractivity contribution >= 4 is 5.78 Å². The topological polar surface area (TPSA) is 63.2 Å². The van der Waals surface area contributed by atoms with Crippen molar-refractivity contribution in [2.45, 2.75) is 69.8 Å². The number of ether oxygens (including phenoxy) is 5. The molecule has 1 saturated heterocycles. The normalized spacial score (nSPS) is 26.1. The van der Waals surface area contributed by atoms with Crippen molar-refractivity contribution in [2.24, 2.45) is 0 Å². The van der Waals surface area contributed by atoms with Gasteiger partial charge in [-0.1, -0.05) is 91.0 Å². The van der Waals surface area contributed by atoms with Crippen molar-refractivity contribution < 1.29 is 28.5 Å². The summed E-state index contributed by atoms with van der Waals surface area (Å²) in [5, 5.41) is 0. The highest BCUT2D eigenvalue weighted by atomic mass is 16.7. The van der Waals surface area contributed by atoms with Crippen LogP contribution in [0.15, 0.2) is 103 Å². The van der Waals surface area contributed by atoms with E-state index in [0.29, 0.717) is 26.2 Å². The molecular formula is C33H36O6. The zero-order valence-corrected chi connectivity index (χ0v) is 22.5. The predicted molar refractivity (Wildman–Crippen MR) is 148 cm³/mol. The first kappa shape index (κ1) is 27.4. The lowest BCUT2D eigenvalue weighted by atomic mass is 9.80. The molecule has 0 N–H and O–H groups in total. The average Bonchev–Trinajstić information content (AvgIpc) is 3.30. The zero-order valence-electron chi connectivity index (χ0n) is 22.5. The van der Waals surface area contributed by atoms with Crippen LogP contribution in [0.3, 0.4) is 0 Å². The molecule has 0 unspecified atom stereocenters. The molecule has 204 valence electrons. The van der Waals surface area contributed by atoms with Crippen LogP contribution in [0.4, 0.5) is 0 Å². The summed E-state index contributed by atoms with van der Waals surface area (Å²) in [5.41, 5.74) is 2.01. The molecule has 1 fully saturated rings. The van der Waals surface area contributed by atoms with Crippen LogP contribution in [-0.2, 0) is 48.3 Å². The van der Waals surface area contributed by atoms with E-state index in [0.717, 1.165) is 16.7 Å². The molecule has 1 aliphatic heterocycles. The summed E-state index contributed by atoms with van der Waals surface area (Å²) >= 11 is 0. The van der Waals surface area contributed by atoms with Gasteiger partial charge in [0.05, 0.1) is 32.5 Å². The molecule has 0 amide bonds. The summed E-state index contributed by atoms with van der Waals surface area (Å²) in [6.07, 6.45) is 2.04. The van der Waals surface area contributed by atoms with E-state index in [1.807, 2.05) is 111 Å². The van der Waals surface area contributed by atoms with Gasteiger partial charge in [-0.25, -0.2) is 0 Å². The number of rotatable bonds is 11. The maximum absolute atomic E-state index is 13.3. The van der Waals surface area contributed by atoms with Crippen molar-refractivity contribution in [3.05, 3.63) is 120 Å². The van der Waals surface area contributed by atoms with Crippen LogP contribution in [0.2, 0.25) is 0 Å². The van der Waals surface area contributed by atoms with E-state index in [4.69, 9.17) is 23.7 Å². The molecule has 4 atom stereocenters. The Bertz CT molecular complexity index is 1230. The minimum atomic E-state index is -0.992. The number of carbonyl (C=O) groups excluding carboxylic acids is 1. The number of hydrogen-bond acceptors (Lipinski definition) is 6. The highest BCUT2D eigenvalue weighted by Gasteiger charge is 2.52. The summed E-state index contributed by atoms with van der Waals surface area (Å²) in [7, 11) is 0. The Hall–Kier alpha value is -3.13. The van der Waals surface area contributed by atoms with Gasteiger partial charge in [0.1, 0.15) is 17.8 Å². The van der Waals surface area contributed by atoms with Gasteiger partial charge in [-0.05, 0) is 42.7 Å². The molecule has 5 rings (SSSR count). The Kier molecular flexibility index (Phi) is 8.70. The molecule has 2 aliphatic rings. The van der Waals surface area contributed by atoms with Gasteiger partial charge in [0.25, 0.3) is 0 Å². The third kappa shape index (κ3) is 7.10. The Balaban J connectivity index is 1.47. The Morgan fingerprint density at radius 1 is 0.769 bits per heavy atom. The molecule has 1 aliphatic carbocycles. The van der Waals surface area contributed by atoms with E-state index in [2.05, 4.69) is 0 Å². The summed E-state index contributed by atoms with van der Waals surface area (Å²) in [6.45, 7) is 5.15. The first-order valence-corrected chi connectivity index (χ1v) is 13.5. The zero-order chi connectivity index (χ0) is 27.1. The Morgan fingerprint density at radius 2 is 1.31 bits per heavy atom. The van der Waals surface area contributed by atoms with E-state index in [1.165, 1.54) is 0 Å². The lowest BCUT2D eigenvalue weighted by molar-refractivity contribution is -0.202. The third-order valence-electron chi connectivity index (χ3n) is 7.08. The highest BCUT2D eigenvalue weighted by Crippen LogP contribution is 2.39. The summed E-state index contributed by atoms with van der Waals surface area (Å²) < 4.78 is 31.7. The van der Waals surface area contributed by atoms with Crippen molar-refractivity contribution in [1.82, 2.24) is 0 Å². The van der Waals surface area contributed by atoms with Crippen molar-refractivity contribution in [2.75, 3.05) is 6.61 Å². The van der Waals surface area contributed by atoms with Gasteiger partial charge in [-0.2, -0.15) is 0 Å². The molecule has 0 spiro atoms. The Morgan fingerprint density at radius 3 is 1.85 bits per heavy atom. The first-order valence-electron chi connectivity index (χ1n) is 13.5. The molecule has 0 saturated carbocycles. The van der Waals surface area contributed by atoms with E-state index in [-0.39, 0.29) is 18.5 Å². The van der Waals surface area contributed by atoms with Gasteiger partial charge in [-0.3, -0.25) is 4.79 Å². The van der Waals surface area contributed by atoms with Gasteiger partial charge >= 0.3 is 0 Å². The second kappa shape index (κ2) is 12.4. The third-order valence-corrected chi connectivity index (χ3v) is 7.08. The molecule has 0 radical (unpaired) electrons.